The minimum Gasteiger partial charge on any atom is -0.290 e. The number of amidine groups is 1. The van der Waals surface area contributed by atoms with Crippen molar-refractivity contribution in [3.63, 3.8) is 0 Å². The van der Waals surface area contributed by atoms with E-state index in [1.807, 2.05) is 5.48 Å². The molecule has 2 N–H and O–H groups in total. The van der Waals surface area contributed by atoms with E-state index >= 15 is 0 Å². The van der Waals surface area contributed by atoms with Gasteiger partial charge in [0, 0.05) is 17.7 Å². The maximum Gasteiger partial charge on any atom is 0.270 e. The Morgan fingerprint density at radius 1 is 1.53 bits per heavy atom. The van der Waals surface area contributed by atoms with Gasteiger partial charge in [0.2, 0.25) is 5.13 Å². The van der Waals surface area contributed by atoms with Crippen molar-refractivity contribution < 1.29 is 10.1 Å². The highest BCUT2D eigenvalue weighted by atomic mass is 32.1. The molecule has 0 aliphatic rings. The lowest BCUT2D eigenvalue weighted by Gasteiger charge is -2.03. The highest BCUT2D eigenvalue weighted by molar-refractivity contribution is 7.14. The van der Waals surface area contributed by atoms with Crippen LogP contribution in [0.5, 0.6) is 0 Å². The second kappa shape index (κ2) is 5.50. The van der Waals surface area contributed by atoms with Gasteiger partial charge in [-0.25, -0.2) is 0 Å². The largest absolute Gasteiger partial charge is 0.290 e. The molecule has 2 rings (SSSR count). The van der Waals surface area contributed by atoms with Crippen molar-refractivity contribution in [3.05, 3.63) is 45.0 Å². The summed E-state index contributed by atoms with van der Waals surface area (Å²) >= 11 is 1.24. The Morgan fingerprint density at radius 3 is 2.89 bits per heavy atom. The van der Waals surface area contributed by atoms with Gasteiger partial charge >= 0.3 is 0 Å². The summed E-state index contributed by atoms with van der Waals surface area (Å²) in [5, 5.41) is 28.4. The monoisotopic (exact) mass is 279 g/mol. The normalized spacial score (nSPS) is 11.4. The molecule has 0 aliphatic carbocycles. The fraction of sp³-hybridized carbons (Fsp3) is 0.100. The number of hydroxylamine groups is 1. The van der Waals surface area contributed by atoms with E-state index in [4.69, 9.17) is 5.21 Å². The number of nitro benzene ring substituents is 1. The van der Waals surface area contributed by atoms with Gasteiger partial charge in [-0.1, -0.05) is 23.5 Å². The van der Waals surface area contributed by atoms with Crippen LogP contribution in [-0.2, 0) is 0 Å². The van der Waals surface area contributed by atoms with Gasteiger partial charge in [-0.2, -0.15) is 4.99 Å². The first-order valence-electron chi connectivity index (χ1n) is 5.14. The standard InChI is InChI=1S/C10H9N5O3S/c1-6-12-13-10(19-6)11-9(14-16)7-3-2-4-8(5-7)15(17)18/h2-5,16H,1H3,(H,11,13,14). The molecule has 0 spiro atoms. The molecule has 2 aromatic rings. The summed E-state index contributed by atoms with van der Waals surface area (Å²) in [6.45, 7) is 1.77. The van der Waals surface area contributed by atoms with Crippen LogP contribution in [0.15, 0.2) is 29.3 Å². The fourth-order valence-electron chi connectivity index (χ4n) is 1.35. The molecule has 1 aromatic heterocycles. The first kappa shape index (κ1) is 13.1. The zero-order valence-electron chi connectivity index (χ0n) is 9.77. The average molecular weight is 279 g/mol. The molecule has 0 saturated heterocycles. The molecule has 19 heavy (non-hydrogen) atoms. The molecule has 0 aliphatic heterocycles. The second-order valence-corrected chi connectivity index (χ2v) is 4.64. The molecule has 0 saturated carbocycles. The Morgan fingerprint density at radius 2 is 2.32 bits per heavy atom. The van der Waals surface area contributed by atoms with Crippen LogP contribution in [0.4, 0.5) is 10.8 Å². The number of aryl methyl sites for hydroxylation is 1. The summed E-state index contributed by atoms with van der Waals surface area (Å²) in [6, 6.07) is 5.75. The molecular weight excluding hydrogens is 270 g/mol. The molecule has 9 heteroatoms. The molecule has 0 radical (unpaired) electrons. The van der Waals surface area contributed by atoms with Gasteiger partial charge in [0.05, 0.1) is 4.92 Å². The summed E-state index contributed by atoms with van der Waals surface area (Å²) in [6.07, 6.45) is 0. The Hall–Kier alpha value is -2.39. The lowest BCUT2D eigenvalue weighted by molar-refractivity contribution is -0.384. The van der Waals surface area contributed by atoms with Crippen molar-refractivity contribution >= 4 is 28.0 Å². The van der Waals surface area contributed by atoms with Gasteiger partial charge < -0.3 is 0 Å². The van der Waals surface area contributed by atoms with Gasteiger partial charge in [-0.05, 0) is 6.92 Å². The van der Waals surface area contributed by atoms with Crippen molar-refractivity contribution in [1.29, 1.82) is 0 Å². The van der Waals surface area contributed by atoms with Crippen LogP contribution in [0.1, 0.15) is 10.6 Å². The van der Waals surface area contributed by atoms with Gasteiger partial charge in [0.15, 0.2) is 5.84 Å². The number of hydrogen-bond acceptors (Lipinski definition) is 7. The van der Waals surface area contributed by atoms with E-state index in [0.717, 1.165) is 5.01 Å². The first-order chi connectivity index (χ1) is 9.10. The summed E-state index contributed by atoms with van der Waals surface area (Å²) < 4.78 is 0. The molecule has 0 amide bonds. The smallest absolute Gasteiger partial charge is 0.270 e. The number of non-ortho nitro benzene ring substituents is 1. The number of rotatable bonds is 3. The Bertz CT molecular complexity index is 640. The number of aromatic nitrogens is 2. The number of nitrogens with one attached hydrogen (secondary N) is 1. The predicted molar refractivity (Wildman–Crippen MR) is 68.9 cm³/mol. The lowest BCUT2D eigenvalue weighted by Crippen LogP contribution is -2.20. The molecule has 0 unspecified atom stereocenters. The van der Waals surface area contributed by atoms with E-state index in [2.05, 4.69) is 15.2 Å². The van der Waals surface area contributed by atoms with Gasteiger partial charge in [0.1, 0.15) is 5.01 Å². The summed E-state index contributed by atoms with van der Waals surface area (Å²) in [5.41, 5.74) is 2.20. The van der Waals surface area contributed by atoms with E-state index in [0.29, 0.717) is 10.7 Å². The molecule has 0 bridgehead atoms. The van der Waals surface area contributed by atoms with Crippen LogP contribution >= 0.6 is 11.3 Å². The third kappa shape index (κ3) is 3.09. The fourth-order valence-corrected chi connectivity index (χ4v) is 1.91. The predicted octanol–water partition coefficient (Wildman–Crippen LogP) is 1.81. The van der Waals surface area contributed by atoms with Crippen molar-refractivity contribution in [2.24, 2.45) is 4.99 Å². The summed E-state index contributed by atoms with van der Waals surface area (Å²) in [5.74, 6) is 0.0693. The average Bonchev–Trinajstić information content (AvgIpc) is 2.81. The first-order valence-corrected chi connectivity index (χ1v) is 5.95. The third-order valence-corrected chi connectivity index (χ3v) is 2.89. The van der Waals surface area contributed by atoms with Crippen LogP contribution < -0.4 is 5.48 Å². The number of benzene rings is 1. The summed E-state index contributed by atoms with van der Waals surface area (Å²) in [4.78, 5) is 14.2. The Balaban J connectivity index is 2.39. The molecule has 8 nitrogen and oxygen atoms in total. The highest BCUT2D eigenvalue weighted by Crippen LogP contribution is 2.19. The van der Waals surface area contributed by atoms with Crippen LogP contribution in [0.2, 0.25) is 0 Å². The van der Waals surface area contributed by atoms with Crippen molar-refractivity contribution in [1.82, 2.24) is 15.7 Å². The minimum atomic E-state index is -0.520. The maximum absolute atomic E-state index is 10.7. The molecule has 0 fully saturated rings. The van der Waals surface area contributed by atoms with E-state index in [1.54, 1.807) is 13.0 Å². The summed E-state index contributed by atoms with van der Waals surface area (Å²) in [7, 11) is 0. The van der Waals surface area contributed by atoms with E-state index in [-0.39, 0.29) is 11.5 Å². The number of nitro groups is 1. The van der Waals surface area contributed by atoms with Gasteiger partial charge in [0.25, 0.3) is 5.69 Å². The van der Waals surface area contributed by atoms with Crippen molar-refractivity contribution in [2.75, 3.05) is 0 Å². The van der Waals surface area contributed by atoms with E-state index < -0.39 is 4.92 Å². The van der Waals surface area contributed by atoms with Crippen molar-refractivity contribution in [3.8, 4) is 0 Å². The second-order valence-electron chi connectivity index (χ2n) is 3.48. The molecule has 98 valence electrons. The Labute approximate surface area is 111 Å². The van der Waals surface area contributed by atoms with E-state index in [9.17, 15) is 10.1 Å². The minimum absolute atomic E-state index is 0.0693. The van der Waals surface area contributed by atoms with Crippen molar-refractivity contribution in [2.45, 2.75) is 6.92 Å². The van der Waals surface area contributed by atoms with Gasteiger partial charge in [-0.3, -0.25) is 20.8 Å². The van der Waals surface area contributed by atoms with Crippen LogP contribution in [0.3, 0.4) is 0 Å². The molecule has 0 atom stereocenters. The lowest BCUT2D eigenvalue weighted by atomic mass is 10.2. The molecular formula is C10H9N5O3S. The maximum atomic E-state index is 10.7. The number of aliphatic imine (C=N–C) groups is 1. The number of hydrogen-bond donors (Lipinski definition) is 2. The van der Waals surface area contributed by atoms with E-state index in [1.165, 1.54) is 29.5 Å². The zero-order chi connectivity index (χ0) is 13.8. The quantitative estimate of drug-likeness (QED) is 0.383. The Kier molecular flexibility index (Phi) is 3.78. The van der Waals surface area contributed by atoms with Crippen LogP contribution in [0, 0.1) is 17.0 Å². The topological polar surface area (TPSA) is 114 Å². The van der Waals surface area contributed by atoms with Gasteiger partial charge in [-0.15, -0.1) is 10.2 Å². The van der Waals surface area contributed by atoms with Crippen LogP contribution in [0.25, 0.3) is 0 Å². The zero-order valence-corrected chi connectivity index (χ0v) is 10.6. The van der Waals surface area contributed by atoms with Crippen LogP contribution in [-0.4, -0.2) is 26.2 Å². The highest BCUT2D eigenvalue weighted by Gasteiger charge is 2.10. The third-order valence-electron chi connectivity index (χ3n) is 2.16. The molecule has 1 heterocycles. The number of nitrogens with zero attached hydrogens (tertiary/aromatic N) is 4. The molecule has 1 aromatic carbocycles. The SMILES string of the molecule is Cc1nnc(/N=C(\NO)c2cccc([N+](=O)[O-])c2)s1.